The average molecular weight is 391 g/mol. The fraction of sp³-hybridized carbons (Fsp3) is 0.524. The number of phenolic OH excluding ortho intramolecular Hbond substituents is 1. The smallest absolute Gasteiger partial charge is 0.407 e. The van der Waals surface area contributed by atoms with E-state index < -0.39 is 6.09 Å². The van der Waals surface area contributed by atoms with Gasteiger partial charge in [-0.3, -0.25) is 0 Å². The van der Waals surface area contributed by atoms with E-state index in [9.17, 15) is 15.0 Å². The van der Waals surface area contributed by atoms with E-state index in [-0.39, 0.29) is 16.9 Å². The van der Waals surface area contributed by atoms with Crippen LogP contribution in [-0.4, -0.2) is 33.2 Å². The first-order valence-corrected chi connectivity index (χ1v) is 9.91. The lowest BCUT2D eigenvalue weighted by molar-refractivity contribution is 0.142. The summed E-state index contributed by atoms with van der Waals surface area (Å²) in [6.45, 7) is 14.3. The maximum atomic E-state index is 11.2. The molecule has 2 rings (SSSR count). The summed E-state index contributed by atoms with van der Waals surface area (Å²) < 4.78 is 0. The summed E-state index contributed by atoms with van der Waals surface area (Å²) in [6, 6.07) is 3.67. The largest absolute Gasteiger partial charge is 0.507 e. The Morgan fingerprint density at radius 3 is 2.00 bits per heavy atom. The second kappa shape index (κ2) is 7.15. The Kier molecular flexibility index (Phi) is 5.62. The van der Waals surface area contributed by atoms with Gasteiger partial charge >= 0.3 is 6.09 Å². The summed E-state index contributed by atoms with van der Waals surface area (Å²) in [5.74, 6) is 0.341. The molecule has 0 radical (unpaired) electrons. The minimum atomic E-state index is -0.978. The second-order valence-electron chi connectivity index (χ2n) is 9.06. The van der Waals surface area contributed by atoms with Crippen LogP contribution in [0.1, 0.15) is 70.6 Å². The average Bonchev–Trinajstić information content (AvgIpc) is 3.01. The fourth-order valence-electron chi connectivity index (χ4n) is 2.87. The van der Waals surface area contributed by atoms with Crippen molar-refractivity contribution in [1.29, 1.82) is 0 Å². The fourth-order valence-corrected chi connectivity index (χ4v) is 3.80. The summed E-state index contributed by atoms with van der Waals surface area (Å²) in [5, 5.41) is 22.8. The van der Waals surface area contributed by atoms with Crippen LogP contribution in [-0.2, 0) is 10.8 Å². The molecule has 1 unspecified atom stereocenters. The van der Waals surface area contributed by atoms with Crippen molar-refractivity contribution in [2.24, 2.45) is 0 Å². The van der Waals surface area contributed by atoms with Gasteiger partial charge in [0.1, 0.15) is 10.8 Å². The number of aromatic nitrogens is 1. The number of thiazole rings is 1. The molecule has 1 atom stereocenters. The van der Waals surface area contributed by atoms with Crippen molar-refractivity contribution in [3.63, 3.8) is 0 Å². The third-order valence-corrected chi connectivity index (χ3v) is 5.80. The van der Waals surface area contributed by atoms with Crippen LogP contribution in [0.15, 0.2) is 17.5 Å². The van der Waals surface area contributed by atoms with Crippen molar-refractivity contribution in [2.45, 2.75) is 65.3 Å². The molecule has 0 bridgehead atoms. The first kappa shape index (κ1) is 21.2. The lowest BCUT2D eigenvalue weighted by atomic mass is 9.78. The van der Waals surface area contributed by atoms with Gasteiger partial charge in [-0.25, -0.2) is 9.78 Å². The van der Waals surface area contributed by atoms with Gasteiger partial charge in [0, 0.05) is 29.1 Å². The highest BCUT2D eigenvalue weighted by atomic mass is 32.1. The zero-order chi connectivity index (χ0) is 20.7. The number of benzene rings is 1. The summed E-state index contributed by atoms with van der Waals surface area (Å²) in [6.07, 6.45) is -0.978. The number of rotatable bonds is 3. The molecule has 0 aliphatic heterocycles. The minimum Gasteiger partial charge on any atom is -0.507 e. The monoisotopic (exact) mass is 390 g/mol. The van der Waals surface area contributed by atoms with E-state index in [0.717, 1.165) is 27.4 Å². The maximum absolute atomic E-state index is 11.2. The molecule has 0 saturated heterocycles. The molecule has 0 aliphatic carbocycles. The predicted molar refractivity (Wildman–Crippen MR) is 111 cm³/mol. The number of hydrogen-bond donors (Lipinski definition) is 2. The van der Waals surface area contributed by atoms with Gasteiger partial charge in [-0.15, -0.1) is 11.3 Å². The first-order valence-electron chi connectivity index (χ1n) is 9.03. The molecule has 1 heterocycles. The van der Waals surface area contributed by atoms with Crippen LogP contribution >= 0.6 is 11.3 Å². The molecule has 6 heteroatoms. The molecule has 0 spiro atoms. The lowest BCUT2D eigenvalue weighted by Gasteiger charge is -2.28. The Morgan fingerprint density at radius 2 is 1.59 bits per heavy atom. The summed E-state index contributed by atoms with van der Waals surface area (Å²) in [5.41, 5.74) is 3.09. The number of aromatic hydroxyl groups is 1. The number of nitrogens with zero attached hydrogens (tertiary/aromatic N) is 2. The van der Waals surface area contributed by atoms with Crippen molar-refractivity contribution in [3.05, 3.63) is 33.6 Å². The van der Waals surface area contributed by atoms with Crippen molar-refractivity contribution >= 4 is 17.4 Å². The van der Waals surface area contributed by atoms with E-state index in [1.165, 1.54) is 16.2 Å². The summed E-state index contributed by atoms with van der Waals surface area (Å²) >= 11 is 1.45. The maximum Gasteiger partial charge on any atom is 0.407 e. The summed E-state index contributed by atoms with van der Waals surface area (Å²) in [4.78, 5) is 17.2. The van der Waals surface area contributed by atoms with Gasteiger partial charge in [-0.1, -0.05) is 41.5 Å². The van der Waals surface area contributed by atoms with E-state index in [1.54, 1.807) is 7.05 Å². The highest BCUT2D eigenvalue weighted by Gasteiger charge is 2.27. The minimum absolute atomic E-state index is 0.213. The van der Waals surface area contributed by atoms with E-state index in [1.807, 2.05) is 24.4 Å². The van der Waals surface area contributed by atoms with Crippen LogP contribution in [0.3, 0.4) is 0 Å². The van der Waals surface area contributed by atoms with E-state index >= 15 is 0 Å². The Balaban J connectivity index is 2.58. The molecule has 0 saturated carbocycles. The molecular weight excluding hydrogens is 360 g/mol. The highest BCUT2D eigenvalue weighted by Crippen LogP contribution is 2.42. The van der Waals surface area contributed by atoms with E-state index in [0.29, 0.717) is 5.75 Å². The molecule has 1 aromatic carbocycles. The van der Waals surface area contributed by atoms with Crippen LogP contribution < -0.4 is 0 Å². The number of carboxylic acid groups (broad SMARTS) is 1. The molecule has 1 aromatic heterocycles. The van der Waals surface area contributed by atoms with Gasteiger partial charge in [0.05, 0.1) is 11.7 Å². The quantitative estimate of drug-likeness (QED) is 0.696. The second-order valence-corrected chi connectivity index (χ2v) is 9.95. The van der Waals surface area contributed by atoms with Crippen LogP contribution in [0.4, 0.5) is 4.79 Å². The van der Waals surface area contributed by atoms with Gasteiger partial charge in [-0.2, -0.15) is 0 Å². The molecule has 148 valence electrons. The molecule has 27 heavy (non-hydrogen) atoms. The number of carbonyl (C=O) groups is 1. The third kappa shape index (κ3) is 4.43. The Bertz CT molecular complexity index is 809. The highest BCUT2D eigenvalue weighted by molar-refractivity contribution is 7.10. The molecule has 2 N–H and O–H groups in total. The van der Waals surface area contributed by atoms with Crippen LogP contribution in [0.5, 0.6) is 5.75 Å². The van der Waals surface area contributed by atoms with Crippen molar-refractivity contribution < 1.29 is 15.0 Å². The van der Waals surface area contributed by atoms with Crippen molar-refractivity contribution in [2.75, 3.05) is 7.05 Å². The third-order valence-electron chi connectivity index (χ3n) is 4.78. The lowest BCUT2D eigenvalue weighted by Crippen LogP contribution is -2.27. The zero-order valence-corrected chi connectivity index (χ0v) is 18.2. The van der Waals surface area contributed by atoms with Gasteiger partial charge in [-0.05, 0) is 29.9 Å². The number of hydrogen-bond acceptors (Lipinski definition) is 4. The predicted octanol–water partition coefficient (Wildman–Crippen LogP) is 5.78. The standard InChI is InChI=1S/C21H30N2O3S/c1-12(23(8)19(25)26)18-22-16(11-27-18)13-9-14(20(2,3)4)17(24)15(10-13)21(5,6)7/h9-12,24H,1-8H3,(H,25,26). The zero-order valence-electron chi connectivity index (χ0n) is 17.4. The Morgan fingerprint density at radius 1 is 1.11 bits per heavy atom. The SMILES string of the molecule is CC(c1nc(-c2cc(C(C)(C)C)c(O)c(C(C)(C)C)c2)cs1)N(C)C(=O)O. The van der Waals surface area contributed by atoms with E-state index in [2.05, 4.69) is 41.5 Å². The van der Waals surface area contributed by atoms with Crippen molar-refractivity contribution in [1.82, 2.24) is 9.88 Å². The van der Waals surface area contributed by atoms with Gasteiger partial charge in [0.2, 0.25) is 0 Å². The van der Waals surface area contributed by atoms with Gasteiger partial charge in [0.25, 0.3) is 0 Å². The van der Waals surface area contributed by atoms with Crippen molar-refractivity contribution in [3.8, 4) is 17.0 Å². The molecular formula is C21H30N2O3S. The Labute approximate surface area is 165 Å². The first-order chi connectivity index (χ1) is 12.2. The summed E-state index contributed by atoms with van der Waals surface area (Å²) in [7, 11) is 1.55. The van der Waals surface area contributed by atoms with E-state index in [4.69, 9.17) is 4.98 Å². The molecule has 2 aromatic rings. The molecule has 1 amide bonds. The van der Waals surface area contributed by atoms with Gasteiger partial charge in [0.15, 0.2) is 0 Å². The molecule has 5 nitrogen and oxygen atoms in total. The van der Waals surface area contributed by atoms with Crippen LogP contribution in [0, 0.1) is 0 Å². The number of phenols is 1. The number of amides is 1. The van der Waals surface area contributed by atoms with Gasteiger partial charge < -0.3 is 15.1 Å². The topological polar surface area (TPSA) is 73.7 Å². The normalized spacial score (nSPS) is 13.5. The Hall–Kier alpha value is -2.08. The molecule has 0 aliphatic rings. The van der Waals surface area contributed by atoms with Crippen LogP contribution in [0.2, 0.25) is 0 Å². The van der Waals surface area contributed by atoms with Crippen LogP contribution in [0.25, 0.3) is 11.3 Å². The molecule has 0 fully saturated rings.